The first kappa shape index (κ1) is 13.4. The second kappa shape index (κ2) is 6.24. The predicted molar refractivity (Wildman–Crippen MR) is 72.8 cm³/mol. The molecule has 0 saturated carbocycles. The smallest absolute Gasteiger partial charge is 0.251 e. The summed E-state index contributed by atoms with van der Waals surface area (Å²) >= 11 is 0. The van der Waals surface area contributed by atoms with Gasteiger partial charge in [-0.15, -0.1) is 0 Å². The second-order valence-electron chi connectivity index (χ2n) is 4.44. The Morgan fingerprint density at radius 3 is 3.05 bits per heavy atom. The van der Waals surface area contributed by atoms with Crippen molar-refractivity contribution in [2.75, 3.05) is 6.61 Å². The molecule has 1 atom stereocenters. The maximum atomic E-state index is 12.1. The van der Waals surface area contributed by atoms with Gasteiger partial charge in [-0.05, 0) is 18.6 Å². The van der Waals surface area contributed by atoms with Gasteiger partial charge in [-0.3, -0.25) is 4.79 Å². The van der Waals surface area contributed by atoms with Crippen molar-refractivity contribution in [3.05, 3.63) is 36.3 Å². The highest BCUT2D eigenvalue weighted by Gasteiger charge is 2.12. The van der Waals surface area contributed by atoms with Gasteiger partial charge in [-0.2, -0.15) is 0 Å². The van der Waals surface area contributed by atoms with Gasteiger partial charge in [0.2, 0.25) is 0 Å². The van der Waals surface area contributed by atoms with E-state index in [1.165, 1.54) is 6.33 Å². The van der Waals surface area contributed by atoms with E-state index in [1.807, 2.05) is 13.0 Å². The van der Waals surface area contributed by atoms with Gasteiger partial charge < -0.3 is 10.4 Å². The van der Waals surface area contributed by atoms with Crippen LogP contribution in [0.5, 0.6) is 0 Å². The van der Waals surface area contributed by atoms with Gasteiger partial charge in [0.15, 0.2) is 0 Å². The van der Waals surface area contributed by atoms with Crippen LogP contribution in [0, 0.1) is 0 Å². The molecule has 0 spiro atoms. The molecule has 0 aliphatic heterocycles. The SMILES string of the molecule is CCCC(CO)NC(=O)c1ccc2cncnc2c1. The van der Waals surface area contributed by atoms with Crippen molar-refractivity contribution in [2.24, 2.45) is 0 Å². The van der Waals surface area contributed by atoms with Gasteiger partial charge in [0.05, 0.1) is 18.2 Å². The van der Waals surface area contributed by atoms with Crippen LogP contribution in [0.25, 0.3) is 10.9 Å². The van der Waals surface area contributed by atoms with E-state index in [-0.39, 0.29) is 18.6 Å². The molecule has 1 amide bonds. The third-order valence-corrected chi connectivity index (χ3v) is 2.96. The Kier molecular flexibility index (Phi) is 4.41. The number of benzene rings is 1. The summed E-state index contributed by atoms with van der Waals surface area (Å²) in [5, 5.41) is 12.9. The summed E-state index contributed by atoms with van der Waals surface area (Å²) in [6.45, 7) is 1.97. The molecule has 1 heterocycles. The van der Waals surface area contributed by atoms with Crippen LogP contribution < -0.4 is 5.32 Å². The van der Waals surface area contributed by atoms with Crippen LogP contribution in [0.3, 0.4) is 0 Å². The minimum atomic E-state index is -0.196. The molecule has 1 aromatic carbocycles. The summed E-state index contributed by atoms with van der Waals surface area (Å²) in [4.78, 5) is 20.1. The Balaban J connectivity index is 2.16. The lowest BCUT2D eigenvalue weighted by Gasteiger charge is -2.15. The van der Waals surface area contributed by atoms with Crippen molar-refractivity contribution in [1.82, 2.24) is 15.3 Å². The molecule has 5 nitrogen and oxygen atoms in total. The highest BCUT2D eigenvalue weighted by Crippen LogP contribution is 2.12. The topological polar surface area (TPSA) is 75.1 Å². The van der Waals surface area contributed by atoms with E-state index in [4.69, 9.17) is 0 Å². The lowest BCUT2D eigenvalue weighted by atomic mass is 10.1. The molecule has 0 fully saturated rings. The number of carbonyl (C=O) groups excluding carboxylic acids is 1. The van der Waals surface area contributed by atoms with Crippen molar-refractivity contribution in [2.45, 2.75) is 25.8 Å². The molecule has 1 aromatic heterocycles. The van der Waals surface area contributed by atoms with E-state index < -0.39 is 0 Å². The molecular weight excluding hydrogens is 242 g/mol. The monoisotopic (exact) mass is 259 g/mol. The first-order valence-corrected chi connectivity index (χ1v) is 6.36. The molecule has 100 valence electrons. The lowest BCUT2D eigenvalue weighted by molar-refractivity contribution is 0.0913. The Labute approximate surface area is 111 Å². The van der Waals surface area contributed by atoms with E-state index in [1.54, 1.807) is 18.3 Å². The number of nitrogens with zero attached hydrogens (tertiary/aromatic N) is 2. The van der Waals surface area contributed by atoms with Crippen LogP contribution >= 0.6 is 0 Å². The molecule has 0 radical (unpaired) electrons. The fourth-order valence-corrected chi connectivity index (χ4v) is 1.94. The van der Waals surface area contributed by atoms with Crippen LogP contribution in [0.15, 0.2) is 30.7 Å². The van der Waals surface area contributed by atoms with Crippen molar-refractivity contribution in [3.63, 3.8) is 0 Å². The Hall–Kier alpha value is -2.01. The van der Waals surface area contributed by atoms with Gasteiger partial charge in [0, 0.05) is 17.1 Å². The van der Waals surface area contributed by atoms with Gasteiger partial charge in [0.25, 0.3) is 5.91 Å². The summed E-state index contributed by atoms with van der Waals surface area (Å²) in [5.74, 6) is -0.187. The van der Waals surface area contributed by atoms with Crippen molar-refractivity contribution < 1.29 is 9.90 Å². The standard InChI is InChI=1S/C14H17N3O2/c1-2-3-12(8-18)17-14(19)10-4-5-11-7-15-9-16-13(11)6-10/h4-7,9,12,18H,2-3,8H2,1H3,(H,17,19). The zero-order chi connectivity index (χ0) is 13.7. The molecule has 19 heavy (non-hydrogen) atoms. The molecular formula is C14H17N3O2. The van der Waals surface area contributed by atoms with Gasteiger partial charge >= 0.3 is 0 Å². The minimum Gasteiger partial charge on any atom is -0.394 e. The average molecular weight is 259 g/mol. The fraction of sp³-hybridized carbons (Fsp3) is 0.357. The molecule has 2 rings (SSSR count). The van der Waals surface area contributed by atoms with E-state index >= 15 is 0 Å². The number of aliphatic hydroxyl groups is 1. The quantitative estimate of drug-likeness (QED) is 0.853. The van der Waals surface area contributed by atoms with Crippen LogP contribution in [-0.4, -0.2) is 33.6 Å². The summed E-state index contributed by atoms with van der Waals surface area (Å²) in [5.41, 5.74) is 1.28. The fourth-order valence-electron chi connectivity index (χ4n) is 1.94. The Morgan fingerprint density at radius 2 is 2.32 bits per heavy atom. The average Bonchev–Trinajstić information content (AvgIpc) is 2.46. The number of carbonyl (C=O) groups is 1. The van der Waals surface area contributed by atoms with E-state index in [0.29, 0.717) is 5.56 Å². The van der Waals surface area contributed by atoms with Crippen LogP contribution in [-0.2, 0) is 0 Å². The number of fused-ring (bicyclic) bond motifs is 1. The predicted octanol–water partition coefficient (Wildman–Crippen LogP) is 1.52. The maximum Gasteiger partial charge on any atom is 0.251 e. The molecule has 0 saturated heterocycles. The number of rotatable bonds is 5. The van der Waals surface area contributed by atoms with E-state index in [2.05, 4.69) is 15.3 Å². The molecule has 5 heteroatoms. The number of hydrogen-bond donors (Lipinski definition) is 2. The highest BCUT2D eigenvalue weighted by atomic mass is 16.3. The second-order valence-corrected chi connectivity index (χ2v) is 4.44. The summed E-state index contributed by atoms with van der Waals surface area (Å²) in [6, 6.07) is 5.09. The lowest BCUT2D eigenvalue weighted by Crippen LogP contribution is -2.37. The van der Waals surface area contributed by atoms with Gasteiger partial charge in [-0.1, -0.05) is 19.4 Å². The largest absolute Gasteiger partial charge is 0.394 e. The molecule has 0 aliphatic rings. The molecule has 2 aromatic rings. The minimum absolute atomic E-state index is 0.0463. The molecule has 2 N–H and O–H groups in total. The summed E-state index contributed by atoms with van der Waals surface area (Å²) in [7, 11) is 0. The molecule has 0 aliphatic carbocycles. The van der Waals surface area contributed by atoms with E-state index in [0.717, 1.165) is 23.7 Å². The molecule has 1 unspecified atom stereocenters. The number of aliphatic hydroxyl groups excluding tert-OH is 1. The Bertz CT molecular complexity index is 571. The normalized spacial score (nSPS) is 12.3. The van der Waals surface area contributed by atoms with Crippen molar-refractivity contribution >= 4 is 16.8 Å². The van der Waals surface area contributed by atoms with E-state index in [9.17, 15) is 9.90 Å². The van der Waals surface area contributed by atoms with Crippen LogP contribution in [0.2, 0.25) is 0 Å². The summed E-state index contributed by atoms with van der Waals surface area (Å²) < 4.78 is 0. The molecule has 0 bridgehead atoms. The number of amides is 1. The van der Waals surface area contributed by atoms with Crippen molar-refractivity contribution in [3.8, 4) is 0 Å². The number of hydrogen-bond acceptors (Lipinski definition) is 4. The van der Waals surface area contributed by atoms with Crippen LogP contribution in [0.1, 0.15) is 30.1 Å². The summed E-state index contributed by atoms with van der Waals surface area (Å²) in [6.07, 6.45) is 4.84. The van der Waals surface area contributed by atoms with Crippen LogP contribution in [0.4, 0.5) is 0 Å². The Morgan fingerprint density at radius 1 is 1.47 bits per heavy atom. The third kappa shape index (κ3) is 3.26. The van der Waals surface area contributed by atoms with Gasteiger partial charge in [-0.25, -0.2) is 9.97 Å². The first-order chi connectivity index (χ1) is 9.24. The number of nitrogens with one attached hydrogen (secondary N) is 1. The highest BCUT2D eigenvalue weighted by molar-refractivity contribution is 5.97. The number of aromatic nitrogens is 2. The zero-order valence-electron chi connectivity index (χ0n) is 10.8. The van der Waals surface area contributed by atoms with Crippen molar-refractivity contribution in [1.29, 1.82) is 0 Å². The van der Waals surface area contributed by atoms with Gasteiger partial charge in [0.1, 0.15) is 6.33 Å². The third-order valence-electron chi connectivity index (χ3n) is 2.96. The first-order valence-electron chi connectivity index (χ1n) is 6.36. The zero-order valence-corrected chi connectivity index (χ0v) is 10.8. The maximum absolute atomic E-state index is 12.1.